The lowest BCUT2D eigenvalue weighted by Crippen LogP contribution is -3.27. The van der Waals surface area contributed by atoms with Crippen LogP contribution < -0.4 is 14.5 Å². The van der Waals surface area contributed by atoms with Crippen LogP contribution >= 0.6 is 0 Å². The maximum absolute atomic E-state index is 5.87. The first-order chi connectivity index (χ1) is 10.6. The van der Waals surface area contributed by atoms with E-state index in [0.29, 0.717) is 13.2 Å². The lowest BCUT2D eigenvalue weighted by atomic mass is 10.1. The second-order valence-electron chi connectivity index (χ2n) is 6.62. The topological polar surface area (TPSA) is 27.3 Å². The Morgan fingerprint density at radius 1 is 0.955 bits per heavy atom. The van der Waals surface area contributed by atoms with E-state index in [1.165, 1.54) is 42.9 Å². The fourth-order valence-corrected chi connectivity index (χ4v) is 2.96. The number of piperazine rings is 1. The largest absolute Gasteiger partial charge is 0.491 e. The van der Waals surface area contributed by atoms with Crippen LogP contribution in [0.3, 0.4) is 0 Å². The number of hydrogen-bond acceptors (Lipinski definition) is 2. The van der Waals surface area contributed by atoms with Crippen LogP contribution in [0.1, 0.15) is 16.7 Å². The zero-order chi connectivity index (χ0) is 15.9. The van der Waals surface area contributed by atoms with Crippen molar-refractivity contribution in [3.05, 3.63) is 28.8 Å². The summed E-state index contributed by atoms with van der Waals surface area (Å²) in [5, 5.41) is 0. The number of likely N-dealkylation sites (N-methyl/N-ethyl adjacent to an activating group) is 1. The molecule has 0 amide bonds. The maximum Gasteiger partial charge on any atom is 0.127 e. The maximum atomic E-state index is 5.87. The molecule has 1 heterocycles. The minimum absolute atomic E-state index is 0.631. The van der Waals surface area contributed by atoms with Gasteiger partial charge in [-0.05, 0) is 43.5 Å². The van der Waals surface area contributed by atoms with Gasteiger partial charge in [0.25, 0.3) is 0 Å². The Bertz CT molecular complexity index is 468. The summed E-state index contributed by atoms with van der Waals surface area (Å²) in [7, 11) is 2.28. The molecule has 124 valence electrons. The standard InChI is InChI=1S/C18H30N2O2/c1-15-13-16(2)17(3)18(14-15)22-12-11-21-10-9-20-7-5-19(4)6-8-20/h13-14H,5-12H2,1-4H3/p+2. The van der Waals surface area contributed by atoms with Crippen molar-refractivity contribution in [1.82, 2.24) is 0 Å². The van der Waals surface area contributed by atoms with Crippen LogP contribution in [0.25, 0.3) is 0 Å². The summed E-state index contributed by atoms with van der Waals surface area (Å²) in [5.41, 5.74) is 3.77. The quantitative estimate of drug-likeness (QED) is 0.660. The molecule has 1 aliphatic heterocycles. The van der Waals surface area contributed by atoms with Crippen LogP contribution in [0.4, 0.5) is 0 Å². The molecule has 1 aromatic rings. The highest BCUT2D eigenvalue weighted by Crippen LogP contribution is 2.23. The number of aryl methyl sites for hydroxylation is 2. The second-order valence-corrected chi connectivity index (χ2v) is 6.62. The third-order valence-electron chi connectivity index (χ3n) is 4.66. The Hall–Kier alpha value is -1.10. The van der Waals surface area contributed by atoms with Gasteiger partial charge in [0.1, 0.15) is 45.1 Å². The Labute approximate surface area is 135 Å². The third-order valence-corrected chi connectivity index (χ3v) is 4.66. The van der Waals surface area contributed by atoms with Gasteiger partial charge in [-0.15, -0.1) is 0 Å². The molecule has 4 nitrogen and oxygen atoms in total. The minimum atomic E-state index is 0.631. The van der Waals surface area contributed by atoms with Crippen molar-refractivity contribution in [3.63, 3.8) is 0 Å². The van der Waals surface area contributed by atoms with Crippen molar-refractivity contribution in [3.8, 4) is 5.75 Å². The van der Waals surface area contributed by atoms with E-state index in [-0.39, 0.29) is 0 Å². The molecule has 0 aliphatic carbocycles. The van der Waals surface area contributed by atoms with Gasteiger partial charge in [-0.1, -0.05) is 6.07 Å². The molecule has 0 saturated carbocycles. The number of benzene rings is 1. The summed E-state index contributed by atoms with van der Waals surface area (Å²) >= 11 is 0. The van der Waals surface area contributed by atoms with Crippen molar-refractivity contribution in [2.45, 2.75) is 20.8 Å². The van der Waals surface area contributed by atoms with E-state index >= 15 is 0 Å². The molecule has 4 heteroatoms. The minimum Gasteiger partial charge on any atom is -0.491 e. The molecule has 0 spiro atoms. The van der Waals surface area contributed by atoms with Gasteiger partial charge in [-0.25, -0.2) is 0 Å². The molecule has 2 rings (SSSR count). The molecule has 0 aromatic heterocycles. The summed E-state index contributed by atoms with van der Waals surface area (Å²) < 4.78 is 11.6. The van der Waals surface area contributed by atoms with Gasteiger partial charge < -0.3 is 19.3 Å². The van der Waals surface area contributed by atoms with E-state index in [9.17, 15) is 0 Å². The van der Waals surface area contributed by atoms with Crippen molar-refractivity contribution in [2.24, 2.45) is 0 Å². The molecule has 1 fully saturated rings. The van der Waals surface area contributed by atoms with Crippen molar-refractivity contribution in [2.75, 3.05) is 59.6 Å². The second kappa shape index (κ2) is 8.51. The molecule has 1 aliphatic rings. The van der Waals surface area contributed by atoms with Gasteiger partial charge in [0.2, 0.25) is 0 Å². The van der Waals surface area contributed by atoms with Gasteiger partial charge in [0.05, 0.1) is 20.3 Å². The van der Waals surface area contributed by atoms with Crippen LogP contribution in [-0.4, -0.2) is 59.6 Å². The van der Waals surface area contributed by atoms with Gasteiger partial charge >= 0.3 is 0 Å². The van der Waals surface area contributed by atoms with Crippen LogP contribution in [0.15, 0.2) is 12.1 Å². The van der Waals surface area contributed by atoms with Gasteiger partial charge in [0.15, 0.2) is 0 Å². The van der Waals surface area contributed by atoms with Crippen molar-refractivity contribution < 1.29 is 19.3 Å². The summed E-state index contributed by atoms with van der Waals surface area (Å²) in [5.74, 6) is 0.994. The van der Waals surface area contributed by atoms with Crippen molar-refractivity contribution >= 4 is 0 Å². The average molecular weight is 308 g/mol. The van der Waals surface area contributed by atoms with E-state index in [2.05, 4.69) is 40.0 Å². The molecule has 2 N–H and O–H groups in total. The van der Waals surface area contributed by atoms with Crippen LogP contribution in [-0.2, 0) is 4.74 Å². The summed E-state index contributed by atoms with van der Waals surface area (Å²) in [6.45, 7) is 14.7. The first kappa shape index (κ1) is 17.3. The Morgan fingerprint density at radius 3 is 2.41 bits per heavy atom. The Kier molecular flexibility index (Phi) is 6.68. The normalized spacial score (nSPS) is 21.8. The van der Waals surface area contributed by atoms with E-state index in [4.69, 9.17) is 9.47 Å². The average Bonchev–Trinajstić information content (AvgIpc) is 2.49. The van der Waals surface area contributed by atoms with Gasteiger partial charge in [-0.2, -0.15) is 0 Å². The number of rotatable bonds is 7. The van der Waals surface area contributed by atoms with Crippen LogP contribution in [0.2, 0.25) is 0 Å². The Morgan fingerprint density at radius 2 is 1.68 bits per heavy atom. The predicted molar refractivity (Wildman–Crippen MR) is 89.2 cm³/mol. The summed E-state index contributed by atoms with van der Waals surface area (Å²) in [4.78, 5) is 3.33. The van der Waals surface area contributed by atoms with Gasteiger partial charge in [0, 0.05) is 0 Å². The summed E-state index contributed by atoms with van der Waals surface area (Å²) in [6, 6.07) is 4.30. The highest BCUT2D eigenvalue weighted by atomic mass is 16.5. The molecular formula is C18H32N2O2+2. The lowest BCUT2D eigenvalue weighted by Gasteiger charge is -2.27. The Balaban J connectivity index is 1.60. The lowest BCUT2D eigenvalue weighted by molar-refractivity contribution is -1.00. The SMILES string of the molecule is Cc1cc(C)c(C)c(OCCOCC[NH+]2CC[NH+](C)CC2)c1. The number of ether oxygens (including phenoxy) is 2. The molecule has 0 unspecified atom stereocenters. The number of quaternary nitrogens is 2. The highest BCUT2D eigenvalue weighted by molar-refractivity contribution is 5.41. The first-order valence-electron chi connectivity index (χ1n) is 8.49. The van der Waals surface area contributed by atoms with Crippen LogP contribution in [0.5, 0.6) is 5.75 Å². The molecule has 22 heavy (non-hydrogen) atoms. The van der Waals surface area contributed by atoms with E-state index in [1.807, 2.05) is 0 Å². The molecule has 0 radical (unpaired) electrons. The number of hydrogen-bond donors (Lipinski definition) is 2. The van der Waals surface area contributed by atoms with E-state index in [0.717, 1.165) is 18.9 Å². The van der Waals surface area contributed by atoms with Crippen LogP contribution in [0, 0.1) is 20.8 Å². The van der Waals surface area contributed by atoms with E-state index in [1.54, 1.807) is 9.80 Å². The molecule has 1 aromatic carbocycles. The molecule has 0 atom stereocenters. The van der Waals surface area contributed by atoms with Crippen molar-refractivity contribution in [1.29, 1.82) is 0 Å². The van der Waals surface area contributed by atoms with Gasteiger partial charge in [-0.3, -0.25) is 0 Å². The smallest absolute Gasteiger partial charge is 0.127 e. The highest BCUT2D eigenvalue weighted by Gasteiger charge is 2.18. The zero-order valence-corrected chi connectivity index (χ0v) is 14.6. The number of nitrogens with one attached hydrogen (secondary N) is 2. The summed E-state index contributed by atoms with van der Waals surface area (Å²) in [6.07, 6.45) is 0. The monoisotopic (exact) mass is 308 g/mol. The van der Waals surface area contributed by atoms with E-state index < -0.39 is 0 Å². The predicted octanol–water partition coefficient (Wildman–Crippen LogP) is -0.580. The fourth-order valence-electron chi connectivity index (χ4n) is 2.96. The molecule has 0 bridgehead atoms. The zero-order valence-electron chi connectivity index (χ0n) is 14.6. The fraction of sp³-hybridized carbons (Fsp3) is 0.667. The molecular weight excluding hydrogens is 276 g/mol. The third kappa shape index (κ3) is 5.27. The molecule has 1 saturated heterocycles. The first-order valence-corrected chi connectivity index (χ1v) is 8.49.